The number of nitrogens with zero attached hydrogens (tertiary/aromatic N) is 1. The second kappa shape index (κ2) is 7.56. The number of aliphatic imine (C=N–C) groups is 1. The van der Waals surface area contributed by atoms with Gasteiger partial charge >= 0.3 is 5.97 Å². The predicted octanol–water partition coefficient (Wildman–Crippen LogP) is 4.94. The van der Waals surface area contributed by atoms with Gasteiger partial charge in [-0.1, -0.05) is 44.2 Å². The zero-order valence-corrected chi connectivity index (χ0v) is 15.5. The average Bonchev–Trinajstić information content (AvgIpc) is 2.97. The van der Waals surface area contributed by atoms with E-state index in [4.69, 9.17) is 9.47 Å². The van der Waals surface area contributed by atoms with Crippen molar-refractivity contribution in [2.75, 3.05) is 0 Å². The average molecular weight is 349 g/mol. The van der Waals surface area contributed by atoms with Gasteiger partial charge in [0.15, 0.2) is 5.70 Å². The number of esters is 1. The molecular weight excluding hydrogens is 326 g/mol. The third kappa shape index (κ3) is 4.02. The van der Waals surface area contributed by atoms with Crippen molar-refractivity contribution in [1.29, 1.82) is 0 Å². The van der Waals surface area contributed by atoms with Gasteiger partial charge in [-0.25, -0.2) is 9.79 Å². The summed E-state index contributed by atoms with van der Waals surface area (Å²) in [5.41, 5.74) is 3.09. The van der Waals surface area contributed by atoms with Crippen LogP contribution < -0.4 is 4.74 Å². The van der Waals surface area contributed by atoms with Crippen LogP contribution in [0.1, 0.15) is 50.3 Å². The molecule has 1 aliphatic rings. The smallest absolute Gasteiger partial charge is 0.363 e. The van der Waals surface area contributed by atoms with E-state index in [1.165, 1.54) is 5.56 Å². The molecule has 0 radical (unpaired) electrons. The number of carbonyl (C=O) groups is 1. The quantitative estimate of drug-likeness (QED) is 0.567. The van der Waals surface area contributed by atoms with Gasteiger partial charge in [0, 0.05) is 11.1 Å². The summed E-state index contributed by atoms with van der Waals surface area (Å²) in [5.74, 6) is 1.05. The highest BCUT2D eigenvalue weighted by atomic mass is 16.6. The number of rotatable bonds is 5. The fraction of sp³-hybridized carbons (Fsp3) is 0.273. The van der Waals surface area contributed by atoms with Crippen LogP contribution in [0.5, 0.6) is 5.75 Å². The van der Waals surface area contributed by atoms with Crippen molar-refractivity contribution < 1.29 is 14.3 Å². The Morgan fingerprint density at radius 1 is 1.00 bits per heavy atom. The van der Waals surface area contributed by atoms with E-state index in [1.54, 1.807) is 6.08 Å². The molecule has 1 heterocycles. The van der Waals surface area contributed by atoms with E-state index in [0.717, 1.165) is 11.1 Å². The zero-order chi connectivity index (χ0) is 18.7. The standard InChI is InChI=1S/C22H23NO3/c1-14(2)16-9-11-17(12-10-16)21-23-19(22(24)26-21)13-18-7-5-6-8-20(18)25-15(3)4/h5-15H,1-4H3/b19-13-. The molecule has 0 saturated carbocycles. The lowest BCUT2D eigenvalue weighted by Crippen LogP contribution is -2.07. The minimum Gasteiger partial charge on any atom is -0.490 e. The first-order valence-corrected chi connectivity index (χ1v) is 8.82. The molecule has 0 atom stereocenters. The van der Waals surface area contributed by atoms with Gasteiger partial charge in [0.2, 0.25) is 5.90 Å². The Labute approximate surface area is 154 Å². The van der Waals surface area contributed by atoms with Crippen LogP contribution in [-0.2, 0) is 9.53 Å². The van der Waals surface area contributed by atoms with E-state index in [2.05, 4.69) is 18.8 Å². The molecule has 0 unspecified atom stereocenters. The first kappa shape index (κ1) is 17.9. The number of para-hydroxylation sites is 1. The van der Waals surface area contributed by atoms with Crippen molar-refractivity contribution in [3.63, 3.8) is 0 Å². The van der Waals surface area contributed by atoms with Crippen molar-refractivity contribution in [1.82, 2.24) is 0 Å². The lowest BCUT2D eigenvalue weighted by atomic mass is 10.0. The van der Waals surface area contributed by atoms with E-state index in [-0.39, 0.29) is 11.8 Å². The summed E-state index contributed by atoms with van der Waals surface area (Å²) >= 11 is 0. The number of hydrogen-bond donors (Lipinski definition) is 0. The minimum absolute atomic E-state index is 0.0450. The van der Waals surface area contributed by atoms with Crippen LogP contribution in [0.3, 0.4) is 0 Å². The van der Waals surface area contributed by atoms with Gasteiger partial charge in [-0.15, -0.1) is 0 Å². The number of benzene rings is 2. The number of ether oxygens (including phenoxy) is 2. The Morgan fingerprint density at radius 2 is 1.69 bits per heavy atom. The lowest BCUT2D eigenvalue weighted by molar-refractivity contribution is -0.129. The first-order valence-electron chi connectivity index (χ1n) is 8.82. The maximum Gasteiger partial charge on any atom is 0.363 e. The summed E-state index contributed by atoms with van der Waals surface area (Å²) in [7, 11) is 0. The molecule has 0 bridgehead atoms. The molecule has 2 aromatic carbocycles. The van der Waals surface area contributed by atoms with Crippen LogP contribution >= 0.6 is 0 Å². The van der Waals surface area contributed by atoms with Crippen molar-refractivity contribution in [3.8, 4) is 5.75 Å². The Morgan fingerprint density at radius 3 is 2.35 bits per heavy atom. The number of cyclic esters (lactones) is 1. The van der Waals surface area contributed by atoms with E-state index < -0.39 is 5.97 Å². The van der Waals surface area contributed by atoms with Gasteiger partial charge in [0.05, 0.1) is 6.10 Å². The molecule has 2 aromatic rings. The second-order valence-corrected chi connectivity index (χ2v) is 6.82. The Hall–Kier alpha value is -2.88. The molecule has 4 heteroatoms. The van der Waals surface area contributed by atoms with Crippen LogP contribution in [0, 0.1) is 0 Å². The van der Waals surface area contributed by atoms with Crippen LogP contribution in [-0.4, -0.2) is 18.0 Å². The molecule has 0 saturated heterocycles. The molecular formula is C22H23NO3. The lowest BCUT2D eigenvalue weighted by Gasteiger charge is -2.12. The second-order valence-electron chi connectivity index (χ2n) is 6.82. The molecule has 0 aromatic heterocycles. The summed E-state index contributed by atoms with van der Waals surface area (Å²) in [6.45, 7) is 8.20. The number of hydrogen-bond acceptors (Lipinski definition) is 4. The molecule has 134 valence electrons. The molecule has 3 rings (SSSR count). The maximum atomic E-state index is 12.2. The number of carbonyl (C=O) groups excluding carboxylic acids is 1. The van der Waals surface area contributed by atoms with Gasteiger partial charge in [0.25, 0.3) is 0 Å². The third-order valence-electron chi connectivity index (χ3n) is 4.02. The molecule has 0 spiro atoms. The molecule has 26 heavy (non-hydrogen) atoms. The highest BCUT2D eigenvalue weighted by Gasteiger charge is 2.24. The molecule has 0 aliphatic carbocycles. The van der Waals surface area contributed by atoms with Crippen LogP contribution in [0.15, 0.2) is 59.2 Å². The fourth-order valence-electron chi connectivity index (χ4n) is 2.65. The van der Waals surface area contributed by atoms with Gasteiger partial charge in [-0.05, 0) is 49.6 Å². The first-order chi connectivity index (χ1) is 12.4. The minimum atomic E-state index is -0.452. The summed E-state index contributed by atoms with van der Waals surface area (Å²) in [5, 5.41) is 0. The summed E-state index contributed by atoms with van der Waals surface area (Å²) in [6.07, 6.45) is 1.75. The van der Waals surface area contributed by atoms with E-state index in [1.807, 2.05) is 62.4 Å². The van der Waals surface area contributed by atoms with Crippen molar-refractivity contribution >= 4 is 17.9 Å². The largest absolute Gasteiger partial charge is 0.490 e. The molecule has 1 aliphatic heterocycles. The monoisotopic (exact) mass is 349 g/mol. The van der Waals surface area contributed by atoms with Crippen LogP contribution in [0.25, 0.3) is 6.08 Å². The van der Waals surface area contributed by atoms with Crippen molar-refractivity contribution in [2.24, 2.45) is 4.99 Å². The van der Waals surface area contributed by atoms with Gasteiger partial charge < -0.3 is 9.47 Å². The predicted molar refractivity (Wildman–Crippen MR) is 103 cm³/mol. The zero-order valence-electron chi connectivity index (χ0n) is 15.5. The highest BCUT2D eigenvalue weighted by Crippen LogP contribution is 2.26. The summed E-state index contributed by atoms with van der Waals surface area (Å²) in [6, 6.07) is 15.5. The van der Waals surface area contributed by atoms with Crippen molar-refractivity contribution in [2.45, 2.75) is 39.7 Å². The van der Waals surface area contributed by atoms with Crippen LogP contribution in [0.2, 0.25) is 0 Å². The Kier molecular flexibility index (Phi) is 5.21. The Balaban J connectivity index is 1.90. The topological polar surface area (TPSA) is 47.9 Å². The van der Waals surface area contributed by atoms with E-state index in [0.29, 0.717) is 17.6 Å². The SMILES string of the molecule is CC(C)Oc1ccccc1/C=C1\N=C(c2ccc(C(C)C)cc2)OC1=O. The highest BCUT2D eigenvalue weighted by molar-refractivity contribution is 6.12. The fourth-order valence-corrected chi connectivity index (χ4v) is 2.65. The summed E-state index contributed by atoms with van der Waals surface area (Å²) < 4.78 is 11.1. The molecule has 0 N–H and O–H groups in total. The van der Waals surface area contributed by atoms with Gasteiger partial charge in [0.1, 0.15) is 5.75 Å². The van der Waals surface area contributed by atoms with E-state index >= 15 is 0 Å². The molecule has 0 amide bonds. The van der Waals surface area contributed by atoms with Gasteiger partial charge in [-0.3, -0.25) is 0 Å². The van der Waals surface area contributed by atoms with Crippen LogP contribution in [0.4, 0.5) is 0 Å². The maximum absolute atomic E-state index is 12.2. The van der Waals surface area contributed by atoms with E-state index in [9.17, 15) is 4.79 Å². The normalized spacial score (nSPS) is 15.5. The van der Waals surface area contributed by atoms with Gasteiger partial charge in [-0.2, -0.15) is 0 Å². The van der Waals surface area contributed by atoms with Crippen molar-refractivity contribution in [3.05, 3.63) is 70.9 Å². The molecule has 0 fully saturated rings. The third-order valence-corrected chi connectivity index (χ3v) is 4.02. The molecule has 4 nitrogen and oxygen atoms in total. The summed E-state index contributed by atoms with van der Waals surface area (Å²) in [4.78, 5) is 16.6. The Bertz CT molecular complexity index is 861.